The van der Waals surface area contributed by atoms with E-state index >= 15 is 0 Å². The summed E-state index contributed by atoms with van der Waals surface area (Å²) in [5, 5.41) is 10.7. The van der Waals surface area contributed by atoms with Crippen molar-refractivity contribution in [1.29, 1.82) is 0 Å². The van der Waals surface area contributed by atoms with Crippen LogP contribution in [0.25, 0.3) is 6.08 Å². The molecule has 1 heterocycles. The fourth-order valence-corrected chi connectivity index (χ4v) is 2.70. The molecule has 23 heavy (non-hydrogen) atoms. The van der Waals surface area contributed by atoms with E-state index in [1.807, 2.05) is 0 Å². The molecule has 3 rings (SSSR count). The third-order valence-electron chi connectivity index (χ3n) is 3.22. The van der Waals surface area contributed by atoms with Crippen molar-refractivity contribution in [2.45, 2.75) is 0 Å². The SMILES string of the molecule is O=C(/C=C/c1cc(Br)c2c(c1)OCO2)c1cccc([N+](=O)[O-])c1. The molecule has 0 spiro atoms. The van der Waals surface area contributed by atoms with E-state index in [4.69, 9.17) is 9.47 Å². The summed E-state index contributed by atoms with van der Waals surface area (Å²) in [6, 6.07) is 9.17. The first kappa shape index (κ1) is 15.2. The van der Waals surface area contributed by atoms with Crippen LogP contribution in [0, 0.1) is 10.1 Å². The van der Waals surface area contributed by atoms with Crippen LogP contribution in [0.15, 0.2) is 46.9 Å². The van der Waals surface area contributed by atoms with Gasteiger partial charge in [0.1, 0.15) is 0 Å². The maximum Gasteiger partial charge on any atom is 0.270 e. The number of nitro groups is 1. The highest BCUT2D eigenvalue weighted by Gasteiger charge is 2.17. The predicted molar refractivity (Wildman–Crippen MR) is 86.7 cm³/mol. The predicted octanol–water partition coefficient (Wildman–Crippen LogP) is 3.98. The second-order valence-corrected chi connectivity index (χ2v) is 5.60. The van der Waals surface area contributed by atoms with Gasteiger partial charge < -0.3 is 9.47 Å². The van der Waals surface area contributed by atoms with Crippen molar-refractivity contribution in [2.24, 2.45) is 0 Å². The minimum atomic E-state index is -0.532. The van der Waals surface area contributed by atoms with Crippen LogP contribution in [0.3, 0.4) is 0 Å². The van der Waals surface area contributed by atoms with Gasteiger partial charge in [0, 0.05) is 17.7 Å². The molecule has 0 bridgehead atoms. The monoisotopic (exact) mass is 375 g/mol. The Morgan fingerprint density at radius 1 is 1.26 bits per heavy atom. The molecule has 0 aromatic heterocycles. The van der Waals surface area contributed by atoms with Crippen LogP contribution in [0.1, 0.15) is 15.9 Å². The van der Waals surface area contributed by atoms with Gasteiger partial charge in [0.05, 0.1) is 9.40 Å². The first-order chi connectivity index (χ1) is 11.0. The molecule has 7 heteroatoms. The van der Waals surface area contributed by atoms with Crippen molar-refractivity contribution in [3.8, 4) is 11.5 Å². The lowest BCUT2D eigenvalue weighted by Crippen LogP contribution is -1.96. The topological polar surface area (TPSA) is 78.7 Å². The van der Waals surface area contributed by atoms with Gasteiger partial charge >= 0.3 is 0 Å². The second kappa shape index (κ2) is 6.21. The molecule has 0 saturated carbocycles. The lowest BCUT2D eigenvalue weighted by Gasteiger charge is -2.01. The maximum atomic E-state index is 12.1. The van der Waals surface area contributed by atoms with E-state index in [1.54, 1.807) is 18.2 Å². The number of rotatable bonds is 4. The minimum Gasteiger partial charge on any atom is -0.454 e. The Balaban J connectivity index is 1.83. The molecule has 0 radical (unpaired) electrons. The number of nitrogens with zero attached hydrogens (tertiary/aromatic N) is 1. The Hall–Kier alpha value is -2.67. The zero-order valence-electron chi connectivity index (χ0n) is 11.7. The number of halogens is 1. The molecule has 2 aromatic rings. The van der Waals surface area contributed by atoms with Gasteiger partial charge in [-0.2, -0.15) is 0 Å². The van der Waals surface area contributed by atoms with Gasteiger partial charge in [-0.25, -0.2) is 0 Å². The van der Waals surface area contributed by atoms with E-state index in [9.17, 15) is 14.9 Å². The normalized spacial score (nSPS) is 12.6. The van der Waals surface area contributed by atoms with E-state index in [0.717, 1.165) is 10.0 Å². The van der Waals surface area contributed by atoms with E-state index in [0.29, 0.717) is 11.5 Å². The van der Waals surface area contributed by atoms with Crippen LogP contribution in [0.2, 0.25) is 0 Å². The Morgan fingerprint density at radius 2 is 2.09 bits per heavy atom. The molecule has 0 unspecified atom stereocenters. The lowest BCUT2D eigenvalue weighted by molar-refractivity contribution is -0.384. The van der Waals surface area contributed by atoms with Crippen molar-refractivity contribution in [3.63, 3.8) is 0 Å². The molecule has 0 atom stereocenters. The second-order valence-electron chi connectivity index (χ2n) is 4.74. The van der Waals surface area contributed by atoms with Gasteiger partial charge in [0.15, 0.2) is 17.3 Å². The number of nitro benzene ring substituents is 1. The number of non-ortho nitro benzene ring substituents is 1. The van der Waals surface area contributed by atoms with Gasteiger partial charge in [-0.1, -0.05) is 18.2 Å². The Labute approximate surface area is 139 Å². The van der Waals surface area contributed by atoms with Gasteiger partial charge in [0.25, 0.3) is 5.69 Å². The largest absolute Gasteiger partial charge is 0.454 e. The van der Waals surface area contributed by atoms with Gasteiger partial charge in [0.2, 0.25) is 6.79 Å². The third kappa shape index (κ3) is 3.24. The first-order valence-electron chi connectivity index (χ1n) is 6.60. The van der Waals surface area contributed by atoms with Crippen LogP contribution in [0.5, 0.6) is 11.5 Å². The molecular formula is C16H10BrNO5. The molecule has 0 aliphatic carbocycles. The molecule has 1 aliphatic heterocycles. The number of allylic oxidation sites excluding steroid dienone is 1. The van der Waals surface area contributed by atoms with Crippen molar-refractivity contribution in [1.82, 2.24) is 0 Å². The average molecular weight is 376 g/mol. The number of ketones is 1. The molecule has 2 aromatic carbocycles. The molecule has 0 N–H and O–H groups in total. The molecule has 6 nitrogen and oxygen atoms in total. The average Bonchev–Trinajstić information content (AvgIpc) is 3.02. The lowest BCUT2D eigenvalue weighted by atomic mass is 10.1. The Bertz CT molecular complexity index is 831. The smallest absolute Gasteiger partial charge is 0.270 e. The number of carbonyl (C=O) groups excluding carboxylic acids is 1. The van der Waals surface area contributed by atoms with Crippen LogP contribution < -0.4 is 9.47 Å². The van der Waals surface area contributed by atoms with Crippen LogP contribution >= 0.6 is 15.9 Å². The fraction of sp³-hybridized carbons (Fsp3) is 0.0625. The van der Waals surface area contributed by atoms with E-state index in [2.05, 4.69) is 15.9 Å². The van der Waals surface area contributed by atoms with Crippen molar-refractivity contribution < 1.29 is 19.2 Å². The fourth-order valence-electron chi connectivity index (χ4n) is 2.12. The highest BCUT2D eigenvalue weighted by Crippen LogP contribution is 2.40. The Kier molecular flexibility index (Phi) is 4.12. The molecule has 0 saturated heterocycles. The molecule has 116 valence electrons. The number of carbonyl (C=O) groups is 1. The highest BCUT2D eigenvalue weighted by molar-refractivity contribution is 9.10. The maximum absolute atomic E-state index is 12.1. The van der Waals surface area contributed by atoms with E-state index in [-0.39, 0.29) is 23.8 Å². The summed E-state index contributed by atoms with van der Waals surface area (Å²) in [6.07, 6.45) is 2.98. The standard InChI is InChI=1S/C16H10BrNO5/c17-13-6-10(7-15-16(13)23-9-22-15)4-5-14(19)11-2-1-3-12(8-11)18(20)21/h1-8H,9H2/b5-4+. The number of ether oxygens (including phenoxy) is 2. The van der Waals surface area contributed by atoms with E-state index in [1.165, 1.54) is 30.3 Å². The molecule has 1 aliphatic rings. The van der Waals surface area contributed by atoms with Crippen molar-refractivity contribution in [3.05, 3.63) is 68.2 Å². The number of hydrogen-bond acceptors (Lipinski definition) is 5. The van der Waals surface area contributed by atoms with Crippen LogP contribution in [-0.4, -0.2) is 17.5 Å². The molecular weight excluding hydrogens is 366 g/mol. The summed E-state index contributed by atoms with van der Waals surface area (Å²) in [5.41, 5.74) is 0.894. The zero-order valence-corrected chi connectivity index (χ0v) is 13.3. The van der Waals surface area contributed by atoms with Gasteiger partial charge in [-0.3, -0.25) is 14.9 Å². The molecule has 0 amide bonds. The van der Waals surface area contributed by atoms with Crippen molar-refractivity contribution >= 4 is 33.5 Å². The summed E-state index contributed by atoms with van der Waals surface area (Å²) in [6.45, 7) is 0.160. The molecule has 0 fully saturated rings. The van der Waals surface area contributed by atoms with Crippen LogP contribution in [0.4, 0.5) is 5.69 Å². The zero-order chi connectivity index (χ0) is 16.4. The number of benzene rings is 2. The quantitative estimate of drug-likeness (QED) is 0.349. The van der Waals surface area contributed by atoms with E-state index < -0.39 is 4.92 Å². The third-order valence-corrected chi connectivity index (χ3v) is 3.81. The summed E-state index contributed by atoms with van der Waals surface area (Å²) in [4.78, 5) is 22.3. The Morgan fingerprint density at radius 3 is 2.87 bits per heavy atom. The minimum absolute atomic E-state index is 0.116. The summed E-state index contributed by atoms with van der Waals surface area (Å²) < 4.78 is 11.3. The number of fused-ring (bicyclic) bond motifs is 1. The number of hydrogen-bond donors (Lipinski definition) is 0. The summed E-state index contributed by atoms with van der Waals surface area (Å²) in [5.74, 6) is 0.913. The highest BCUT2D eigenvalue weighted by atomic mass is 79.9. The van der Waals surface area contributed by atoms with Gasteiger partial charge in [-0.05, 0) is 39.7 Å². The van der Waals surface area contributed by atoms with Crippen LogP contribution in [-0.2, 0) is 0 Å². The summed E-state index contributed by atoms with van der Waals surface area (Å²) in [7, 11) is 0. The van der Waals surface area contributed by atoms with Crippen molar-refractivity contribution in [2.75, 3.05) is 6.79 Å². The summed E-state index contributed by atoms with van der Waals surface area (Å²) >= 11 is 3.38. The van der Waals surface area contributed by atoms with Gasteiger partial charge in [-0.15, -0.1) is 0 Å². The first-order valence-corrected chi connectivity index (χ1v) is 7.40.